The molecule has 2 aliphatic heterocycles. The number of aliphatic hydroxyl groups is 5. The Labute approximate surface area is 324 Å². The second kappa shape index (κ2) is 12.9. The van der Waals surface area contributed by atoms with E-state index in [1.807, 2.05) is 19.1 Å². The number of nitrogens with one attached hydrogen (secondary N) is 1. The molecule has 0 radical (unpaired) electrons. The van der Waals surface area contributed by atoms with Crippen molar-refractivity contribution >= 4 is 17.9 Å². The molecule has 2 saturated heterocycles. The number of hydrogen-bond donors (Lipinski definition) is 6. The molecule has 55 heavy (non-hydrogen) atoms. The van der Waals surface area contributed by atoms with Gasteiger partial charge in [-0.05, 0) is 93.1 Å². The number of anilines is 1. The third kappa shape index (κ3) is 5.17. The van der Waals surface area contributed by atoms with Crippen molar-refractivity contribution in [1.82, 2.24) is 0 Å². The van der Waals surface area contributed by atoms with Crippen LogP contribution in [0.4, 0.5) is 5.69 Å². The van der Waals surface area contributed by atoms with Crippen LogP contribution in [0.15, 0.2) is 24.3 Å². The van der Waals surface area contributed by atoms with Gasteiger partial charge < -0.3 is 54.6 Å². The molecule has 306 valence electrons. The number of epoxide rings is 1. The number of carbonyl (C=O) groups is 2. The average molecular weight is 770 g/mol. The van der Waals surface area contributed by atoms with E-state index in [1.165, 1.54) is 0 Å². The Kier molecular flexibility index (Phi) is 9.32. The van der Waals surface area contributed by atoms with E-state index >= 15 is 0 Å². The van der Waals surface area contributed by atoms with E-state index in [4.69, 9.17) is 18.9 Å². The molecule has 12 heteroatoms. The number of ether oxygens (including phenoxy) is 4. The van der Waals surface area contributed by atoms with Crippen LogP contribution >= 0.6 is 0 Å². The van der Waals surface area contributed by atoms with Crippen molar-refractivity contribution in [2.75, 3.05) is 25.6 Å². The predicted octanol–water partition coefficient (Wildman–Crippen LogP) is 3.84. The maximum atomic E-state index is 13.6. The first-order valence-corrected chi connectivity index (χ1v) is 20.6. The zero-order chi connectivity index (χ0) is 39.7. The lowest BCUT2D eigenvalue weighted by molar-refractivity contribution is -0.317. The summed E-state index contributed by atoms with van der Waals surface area (Å²) in [4.78, 5) is 26.8. The highest BCUT2D eigenvalue weighted by atomic mass is 16.7. The Morgan fingerprint density at radius 3 is 2.33 bits per heavy atom. The SMILES string of the molecule is CNc1ccccc1C(=O)OC1CC2(C)C(O)CC3(C)C4(C)CCC5C(C)(CO)C(OC6OCC(O)C(O)C6O)CCC5(C)C4CC4OC43C2CC1(C)C=O. The molecule has 2 heterocycles. The smallest absolute Gasteiger partial charge is 0.340 e. The van der Waals surface area contributed by atoms with Crippen LogP contribution in [0.25, 0.3) is 0 Å². The van der Waals surface area contributed by atoms with Crippen LogP contribution in [0.5, 0.6) is 0 Å². The number of aliphatic hydroxyl groups excluding tert-OH is 5. The minimum Gasteiger partial charge on any atom is -0.458 e. The van der Waals surface area contributed by atoms with Crippen LogP contribution in [-0.2, 0) is 23.7 Å². The largest absolute Gasteiger partial charge is 0.458 e. The fourth-order valence-electron chi connectivity index (χ4n) is 14.3. The third-order valence-corrected chi connectivity index (χ3v) is 17.8. The molecular formula is C43H63NO11. The maximum absolute atomic E-state index is 13.6. The summed E-state index contributed by atoms with van der Waals surface area (Å²) < 4.78 is 25.4. The zero-order valence-electron chi connectivity index (χ0n) is 33.5. The summed E-state index contributed by atoms with van der Waals surface area (Å²) in [6.07, 6.45) is -0.824. The monoisotopic (exact) mass is 769 g/mol. The van der Waals surface area contributed by atoms with Gasteiger partial charge in [0.2, 0.25) is 0 Å². The molecule has 1 aromatic carbocycles. The number of fused-ring (bicyclic) bond motifs is 5. The van der Waals surface area contributed by atoms with Crippen molar-refractivity contribution in [3.63, 3.8) is 0 Å². The van der Waals surface area contributed by atoms with E-state index in [0.717, 1.165) is 32.0 Å². The van der Waals surface area contributed by atoms with Gasteiger partial charge in [0.05, 0.1) is 42.5 Å². The summed E-state index contributed by atoms with van der Waals surface area (Å²) in [6, 6.07) is 7.16. The Bertz CT molecular complexity index is 1690. The lowest BCUT2D eigenvalue weighted by atomic mass is 9.31. The van der Waals surface area contributed by atoms with Crippen LogP contribution in [-0.4, -0.2) is 113 Å². The minimum absolute atomic E-state index is 0.0615. The molecule has 18 unspecified atom stereocenters. The Morgan fingerprint density at radius 1 is 0.909 bits per heavy atom. The van der Waals surface area contributed by atoms with Crippen molar-refractivity contribution in [3.05, 3.63) is 29.8 Å². The van der Waals surface area contributed by atoms with Crippen LogP contribution < -0.4 is 5.32 Å². The van der Waals surface area contributed by atoms with Gasteiger partial charge in [0.25, 0.3) is 0 Å². The molecule has 12 nitrogen and oxygen atoms in total. The number of hydrogen-bond acceptors (Lipinski definition) is 12. The second-order valence-corrected chi connectivity index (χ2v) is 20.1. The van der Waals surface area contributed by atoms with E-state index in [0.29, 0.717) is 36.9 Å². The molecular weight excluding hydrogens is 706 g/mol. The van der Waals surface area contributed by atoms with Crippen molar-refractivity contribution < 1.29 is 54.1 Å². The van der Waals surface area contributed by atoms with Crippen LogP contribution in [0.1, 0.15) is 103 Å². The van der Waals surface area contributed by atoms with E-state index in [1.54, 1.807) is 19.2 Å². The van der Waals surface area contributed by atoms with Gasteiger partial charge in [-0.2, -0.15) is 0 Å². The summed E-state index contributed by atoms with van der Waals surface area (Å²) in [6.45, 7) is 12.9. The van der Waals surface area contributed by atoms with Gasteiger partial charge in [-0.25, -0.2) is 4.79 Å². The molecule has 5 saturated carbocycles. The van der Waals surface area contributed by atoms with E-state index in [2.05, 4.69) is 39.9 Å². The van der Waals surface area contributed by atoms with Crippen LogP contribution in [0, 0.1) is 50.2 Å². The molecule has 8 rings (SSSR count). The van der Waals surface area contributed by atoms with Crippen LogP contribution in [0.2, 0.25) is 0 Å². The third-order valence-electron chi connectivity index (χ3n) is 17.8. The lowest BCUT2D eigenvalue weighted by Crippen LogP contribution is -2.74. The first-order valence-electron chi connectivity index (χ1n) is 20.6. The maximum Gasteiger partial charge on any atom is 0.340 e. The highest BCUT2D eigenvalue weighted by Crippen LogP contribution is 2.83. The van der Waals surface area contributed by atoms with Gasteiger partial charge in [-0.1, -0.05) is 46.8 Å². The molecule has 18 atom stereocenters. The van der Waals surface area contributed by atoms with Crippen molar-refractivity contribution in [3.8, 4) is 0 Å². The number of rotatable bonds is 7. The predicted molar refractivity (Wildman–Crippen MR) is 201 cm³/mol. The first-order chi connectivity index (χ1) is 25.8. The fourth-order valence-corrected chi connectivity index (χ4v) is 14.3. The quantitative estimate of drug-likeness (QED) is 0.102. The number of esters is 1. The minimum atomic E-state index is -1.41. The summed E-state index contributed by atoms with van der Waals surface area (Å²) in [5, 5.41) is 57.7. The molecule has 1 aromatic rings. The molecule has 0 amide bonds. The Morgan fingerprint density at radius 2 is 1.64 bits per heavy atom. The molecule has 5 aliphatic carbocycles. The van der Waals surface area contributed by atoms with Gasteiger partial charge in [-0.3, -0.25) is 0 Å². The standard InChI is InChI=1S/C43H63NO11/c1-37(21-45)17-28-39(3,19-32(37)53-35(51)23-10-8-9-11-24(23)44-7)29(48)18-42(6)41(5)15-12-26-38(2,27(41)16-31-43(28,42)55-31)14-13-30(40(26,4)22-46)54-36-34(50)33(49)25(47)20-52-36/h8-11,21,25-34,36,44,46-50H,12-20,22H2,1-7H3. The van der Waals surface area contributed by atoms with Crippen LogP contribution in [0.3, 0.4) is 0 Å². The summed E-state index contributed by atoms with van der Waals surface area (Å²) >= 11 is 0. The average Bonchev–Trinajstić information content (AvgIpc) is 3.90. The number of benzene rings is 1. The highest BCUT2D eigenvalue weighted by molar-refractivity contribution is 5.95. The van der Waals surface area contributed by atoms with Gasteiger partial charge in [0.1, 0.15) is 36.3 Å². The number of aldehydes is 1. The van der Waals surface area contributed by atoms with Gasteiger partial charge in [0, 0.05) is 34.9 Å². The lowest BCUT2D eigenvalue weighted by Gasteiger charge is -2.73. The molecule has 6 N–H and O–H groups in total. The van der Waals surface area contributed by atoms with Crippen molar-refractivity contribution in [1.29, 1.82) is 0 Å². The molecule has 0 aromatic heterocycles. The second-order valence-electron chi connectivity index (χ2n) is 20.1. The topological polar surface area (TPSA) is 188 Å². The normalized spacial score (nSPS) is 54.0. The molecule has 7 aliphatic rings. The molecule has 1 spiro atoms. The van der Waals surface area contributed by atoms with Gasteiger partial charge >= 0.3 is 5.97 Å². The molecule has 0 bridgehead atoms. The van der Waals surface area contributed by atoms with Gasteiger partial charge in [0.15, 0.2) is 6.29 Å². The summed E-state index contributed by atoms with van der Waals surface area (Å²) in [7, 11) is 1.75. The van der Waals surface area contributed by atoms with E-state index in [9.17, 15) is 35.1 Å². The first kappa shape index (κ1) is 39.7. The Balaban J connectivity index is 1.08. The number of carbonyl (C=O) groups excluding carboxylic acids is 2. The van der Waals surface area contributed by atoms with Crippen molar-refractivity contribution in [2.45, 2.75) is 148 Å². The highest BCUT2D eigenvalue weighted by Gasteiger charge is 2.86. The fraction of sp³-hybridized carbons (Fsp3) is 0.814. The summed E-state index contributed by atoms with van der Waals surface area (Å²) in [5.74, 6) is -0.350. The molecule has 7 fully saturated rings. The van der Waals surface area contributed by atoms with Crippen molar-refractivity contribution in [2.24, 2.45) is 50.2 Å². The van der Waals surface area contributed by atoms with E-state index in [-0.39, 0.29) is 47.9 Å². The Hall–Kier alpha value is -2.16. The number of para-hydroxylation sites is 1. The van der Waals surface area contributed by atoms with Gasteiger partial charge in [-0.15, -0.1) is 0 Å². The van der Waals surface area contributed by atoms with E-state index < -0.39 is 76.1 Å². The zero-order valence-corrected chi connectivity index (χ0v) is 33.5. The summed E-state index contributed by atoms with van der Waals surface area (Å²) in [5.41, 5.74) is -2.68.